The average Bonchev–Trinajstić information content (AvgIpc) is 3.24. The van der Waals surface area contributed by atoms with Crippen molar-refractivity contribution in [3.05, 3.63) is 54.1 Å². The normalized spacial score (nSPS) is 17.2. The summed E-state index contributed by atoms with van der Waals surface area (Å²) in [7, 11) is -0.241. The van der Waals surface area contributed by atoms with E-state index in [0.29, 0.717) is 24.5 Å². The van der Waals surface area contributed by atoms with Crippen LogP contribution in [-0.2, 0) is 19.6 Å². The molecule has 8 nitrogen and oxygen atoms in total. The highest BCUT2D eigenvalue weighted by Crippen LogP contribution is 2.32. The molecule has 2 aromatic carbocycles. The molecule has 2 unspecified atom stereocenters. The van der Waals surface area contributed by atoms with Gasteiger partial charge >= 0.3 is 0 Å². The Morgan fingerprint density at radius 3 is 2.32 bits per heavy atom. The molecule has 3 rings (SSSR count). The lowest BCUT2D eigenvalue weighted by molar-refractivity contribution is -0.136. The van der Waals surface area contributed by atoms with E-state index < -0.39 is 15.9 Å². The number of para-hydroxylation sites is 1. The van der Waals surface area contributed by atoms with Crippen LogP contribution in [-0.4, -0.2) is 63.2 Å². The summed E-state index contributed by atoms with van der Waals surface area (Å²) in [6.45, 7) is 6.54. The third kappa shape index (κ3) is 4.95. The number of amides is 2. The van der Waals surface area contributed by atoms with Crippen LogP contribution < -0.4 is 9.64 Å². The van der Waals surface area contributed by atoms with E-state index in [0.717, 1.165) is 5.56 Å². The Morgan fingerprint density at radius 1 is 1.12 bits per heavy atom. The number of carbonyl (C=O) groups is 2. The molecule has 0 saturated carbocycles. The number of anilines is 1. The van der Waals surface area contributed by atoms with E-state index in [9.17, 15) is 18.0 Å². The maximum absolute atomic E-state index is 13.2. The van der Waals surface area contributed by atoms with Crippen LogP contribution >= 0.6 is 0 Å². The average molecular weight is 488 g/mol. The second-order valence-corrected chi connectivity index (χ2v) is 10.3. The quantitative estimate of drug-likeness (QED) is 0.542. The Morgan fingerprint density at radius 2 is 1.74 bits per heavy atom. The van der Waals surface area contributed by atoms with Gasteiger partial charge < -0.3 is 14.5 Å². The molecule has 1 aliphatic heterocycles. The Hall–Kier alpha value is -2.91. The first-order valence-electron chi connectivity index (χ1n) is 11.5. The van der Waals surface area contributed by atoms with E-state index in [4.69, 9.17) is 4.74 Å². The van der Waals surface area contributed by atoms with Gasteiger partial charge in [-0.15, -0.1) is 0 Å². The summed E-state index contributed by atoms with van der Waals surface area (Å²) in [4.78, 5) is 29.4. The minimum absolute atomic E-state index is 0.112. The van der Waals surface area contributed by atoms with Crippen molar-refractivity contribution in [3.63, 3.8) is 0 Å². The Balaban J connectivity index is 1.74. The minimum Gasteiger partial charge on any atom is -0.496 e. The van der Waals surface area contributed by atoms with Gasteiger partial charge in [0.1, 0.15) is 5.75 Å². The predicted octanol–water partition coefficient (Wildman–Crippen LogP) is 3.30. The number of hydrogen-bond acceptors (Lipinski definition) is 5. The fraction of sp³-hybridized carbons (Fsp3) is 0.440. The topological polar surface area (TPSA) is 87.2 Å². The maximum Gasteiger partial charge on any atom is 0.243 e. The zero-order chi connectivity index (χ0) is 25.0. The van der Waals surface area contributed by atoms with Crippen molar-refractivity contribution in [3.8, 4) is 5.75 Å². The van der Waals surface area contributed by atoms with Crippen molar-refractivity contribution < 1.29 is 22.7 Å². The van der Waals surface area contributed by atoms with Crippen LogP contribution in [0.2, 0.25) is 0 Å². The second kappa shape index (κ2) is 10.6. The molecular weight excluding hydrogens is 454 g/mol. The van der Waals surface area contributed by atoms with Crippen molar-refractivity contribution in [1.82, 2.24) is 9.21 Å². The predicted molar refractivity (Wildman–Crippen MR) is 131 cm³/mol. The van der Waals surface area contributed by atoms with E-state index in [1.54, 1.807) is 49.9 Å². The summed E-state index contributed by atoms with van der Waals surface area (Å²) in [5.41, 5.74) is 1.48. The van der Waals surface area contributed by atoms with Crippen LogP contribution in [0, 0.1) is 5.92 Å². The summed E-state index contributed by atoms with van der Waals surface area (Å²) >= 11 is 0. The maximum atomic E-state index is 13.2. The molecule has 1 saturated heterocycles. The van der Waals surface area contributed by atoms with Gasteiger partial charge in [0, 0.05) is 44.4 Å². The summed E-state index contributed by atoms with van der Waals surface area (Å²) in [6.07, 6.45) is 0.112. The van der Waals surface area contributed by atoms with Gasteiger partial charge in [-0.3, -0.25) is 9.59 Å². The molecule has 1 fully saturated rings. The number of nitrogens with zero attached hydrogens (tertiary/aromatic N) is 3. The number of ether oxygens (including phenoxy) is 1. The zero-order valence-corrected chi connectivity index (χ0v) is 21.2. The van der Waals surface area contributed by atoms with Crippen molar-refractivity contribution in [2.45, 2.75) is 38.1 Å². The largest absolute Gasteiger partial charge is 0.496 e. The molecule has 184 valence electrons. The van der Waals surface area contributed by atoms with Gasteiger partial charge in [-0.05, 0) is 37.3 Å². The number of benzene rings is 2. The number of hydrogen-bond donors (Lipinski definition) is 0. The molecule has 0 aromatic heterocycles. The number of rotatable bonds is 9. The fourth-order valence-corrected chi connectivity index (χ4v) is 5.79. The number of methoxy groups -OCH3 is 1. The molecule has 0 N–H and O–H groups in total. The van der Waals surface area contributed by atoms with Crippen LogP contribution in [0.25, 0.3) is 0 Å². The van der Waals surface area contributed by atoms with Crippen LogP contribution in [0.15, 0.2) is 53.4 Å². The van der Waals surface area contributed by atoms with Gasteiger partial charge in [-0.1, -0.05) is 32.0 Å². The molecule has 0 aliphatic carbocycles. The first-order chi connectivity index (χ1) is 16.1. The van der Waals surface area contributed by atoms with Gasteiger partial charge in [0.15, 0.2) is 0 Å². The highest BCUT2D eigenvalue weighted by Gasteiger charge is 2.38. The lowest BCUT2D eigenvalue weighted by atomic mass is 10.0. The number of sulfonamides is 1. The third-order valence-corrected chi connectivity index (χ3v) is 8.55. The lowest BCUT2D eigenvalue weighted by Crippen LogP contribution is -2.36. The fourth-order valence-electron chi connectivity index (χ4n) is 4.33. The molecule has 1 aliphatic rings. The Kier molecular flexibility index (Phi) is 7.99. The van der Waals surface area contributed by atoms with E-state index in [1.165, 1.54) is 16.4 Å². The molecule has 34 heavy (non-hydrogen) atoms. The molecule has 1 heterocycles. The molecule has 0 spiro atoms. The van der Waals surface area contributed by atoms with Crippen molar-refractivity contribution in [1.29, 1.82) is 0 Å². The zero-order valence-electron chi connectivity index (χ0n) is 20.4. The van der Waals surface area contributed by atoms with E-state index >= 15 is 0 Å². The van der Waals surface area contributed by atoms with Crippen LogP contribution in [0.1, 0.15) is 38.8 Å². The van der Waals surface area contributed by atoms with Crippen LogP contribution in [0.4, 0.5) is 5.69 Å². The minimum atomic E-state index is -3.57. The van der Waals surface area contributed by atoms with Crippen LogP contribution in [0.5, 0.6) is 5.75 Å². The number of carbonyl (C=O) groups excluding carboxylic acids is 2. The summed E-state index contributed by atoms with van der Waals surface area (Å²) in [5.74, 6) is -0.0432. The van der Waals surface area contributed by atoms with Gasteiger partial charge in [-0.2, -0.15) is 4.31 Å². The SMILES string of the molecule is CCN(CC)S(=O)(=O)c1ccc(N2CC(C(=O)N(C)C(C)c3ccccc3OC)CC2=O)cc1. The van der Waals surface area contributed by atoms with Gasteiger partial charge in [0.2, 0.25) is 21.8 Å². The van der Waals surface area contributed by atoms with Crippen LogP contribution in [0.3, 0.4) is 0 Å². The second-order valence-electron chi connectivity index (χ2n) is 8.36. The Bertz CT molecular complexity index is 1130. The summed E-state index contributed by atoms with van der Waals surface area (Å²) in [6, 6.07) is 13.6. The molecule has 0 bridgehead atoms. The summed E-state index contributed by atoms with van der Waals surface area (Å²) < 4.78 is 32.3. The molecule has 0 radical (unpaired) electrons. The van der Waals surface area contributed by atoms with E-state index in [-0.39, 0.29) is 35.7 Å². The smallest absolute Gasteiger partial charge is 0.243 e. The van der Waals surface area contributed by atoms with E-state index in [2.05, 4.69) is 0 Å². The molecule has 2 aromatic rings. The van der Waals surface area contributed by atoms with Gasteiger partial charge in [-0.25, -0.2) is 8.42 Å². The van der Waals surface area contributed by atoms with E-state index in [1.807, 2.05) is 31.2 Å². The highest BCUT2D eigenvalue weighted by atomic mass is 32.2. The molecule has 2 amide bonds. The first kappa shape index (κ1) is 25.7. The molecule has 2 atom stereocenters. The molecular formula is C25H33N3O5S. The monoisotopic (exact) mass is 487 g/mol. The lowest BCUT2D eigenvalue weighted by Gasteiger charge is -2.28. The van der Waals surface area contributed by atoms with Crippen molar-refractivity contribution in [2.75, 3.05) is 38.7 Å². The first-order valence-corrected chi connectivity index (χ1v) is 12.9. The standard InChI is InChI=1S/C25H33N3O5S/c1-6-27(7-2)34(31,32)21-14-12-20(13-15-21)28-17-19(16-24(28)29)25(30)26(4)18(3)22-10-8-9-11-23(22)33-5/h8-15,18-19H,6-7,16-17H2,1-5H3. The van der Waals surface area contributed by atoms with Crippen molar-refractivity contribution >= 4 is 27.5 Å². The van der Waals surface area contributed by atoms with Gasteiger partial charge in [0.25, 0.3) is 0 Å². The summed E-state index contributed by atoms with van der Waals surface area (Å²) in [5, 5.41) is 0. The Labute approximate surface area is 202 Å². The third-order valence-electron chi connectivity index (χ3n) is 6.48. The van der Waals surface area contributed by atoms with Gasteiger partial charge in [0.05, 0.1) is 24.0 Å². The van der Waals surface area contributed by atoms with Crippen molar-refractivity contribution in [2.24, 2.45) is 5.92 Å². The molecule has 9 heteroatoms. The highest BCUT2D eigenvalue weighted by molar-refractivity contribution is 7.89.